The van der Waals surface area contributed by atoms with E-state index >= 15 is 0 Å². The van der Waals surface area contributed by atoms with E-state index in [0.717, 1.165) is 45.1 Å². The third-order valence-corrected chi connectivity index (χ3v) is 3.84. The lowest BCUT2D eigenvalue weighted by molar-refractivity contribution is -0.140. The molecule has 1 amide bonds. The van der Waals surface area contributed by atoms with E-state index in [2.05, 4.69) is 0 Å². The Labute approximate surface area is 96.8 Å². The second-order valence-electron chi connectivity index (χ2n) is 5.14. The smallest absolute Gasteiger partial charge is 0.227 e. The fraction of sp³-hybridized carbons (Fsp3) is 0.917. The van der Waals surface area contributed by atoms with Gasteiger partial charge in [-0.3, -0.25) is 4.79 Å². The highest BCUT2D eigenvalue weighted by atomic mass is 16.3. The van der Waals surface area contributed by atoms with Crippen molar-refractivity contribution in [2.75, 3.05) is 13.1 Å². The maximum atomic E-state index is 12.2. The van der Waals surface area contributed by atoms with Gasteiger partial charge in [0, 0.05) is 19.1 Å². The number of hydrogen-bond acceptors (Lipinski definition) is 3. The average molecular weight is 226 g/mol. The summed E-state index contributed by atoms with van der Waals surface area (Å²) in [5.74, 6) is 0.171. The third-order valence-electron chi connectivity index (χ3n) is 3.84. The van der Waals surface area contributed by atoms with Crippen LogP contribution in [-0.2, 0) is 4.79 Å². The van der Waals surface area contributed by atoms with Crippen molar-refractivity contribution in [2.45, 2.75) is 50.7 Å². The molecule has 1 heterocycles. The van der Waals surface area contributed by atoms with Crippen LogP contribution in [0.3, 0.4) is 0 Å². The Morgan fingerprint density at radius 2 is 1.94 bits per heavy atom. The molecule has 92 valence electrons. The zero-order chi connectivity index (χ0) is 11.5. The van der Waals surface area contributed by atoms with Crippen LogP contribution in [0.25, 0.3) is 0 Å². The highest BCUT2D eigenvalue weighted by Gasteiger charge is 2.33. The van der Waals surface area contributed by atoms with E-state index in [9.17, 15) is 9.90 Å². The number of hydrogen-bond donors (Lipinski definition) is 2. The average Bonchev–Trinajstić information content (AvgIpc) is 2.29. The normalized spacial score (nSPS) is 36.1. The summed E-state index contributed by atoms with van der Waals surface area (Å²) in [6.07, 6.45) is 5.54. The van der Waals surface area contributed by atoms with Gasteiger partial charge in [0.25, 0.3) is 0 Å². The van der Waals surface area contributed by atoms with Gasteiger partial charge < -0.3 is 15.7 Å². The van der Waals surface area contributed by atoms with Gasteiger partial charge in [0.15, 0.2) is 0 Å². The minimum atomic E-state index is -0.336. The van der Waals surface area contributed by atoms with Crippen LogP contribution >= 0.6 is 0 Å². The monoisotopic (exact) mass is 226 g/mol. The van der Waals surface area contributed by atoms with Gasteiger partial charge in [-0.2, -0.15) is 0 Å². The first-order chi connectivity index (χ1) is 7.68. The first-order valence-corrected chi connectivity index (χ1v) is 6.41. The minimum Gasteiger partial charge on any atom is -0.391 e. The number of nitrogens with two attached hydrogens (primary N) is 1. The Kier molecular flexibility index (Phi) is 3.82. The summed E-state index contributed by atoms with van der Waals surface area (Å²) in [6, 6.07) is 0.0281. The molecule has 0 aromatic carbocycles. The molecule has 0 spiro atoms. The van der Waals surface area contributed by atoms with Gasteiger partial charge in [-0.15, -0.1) is 0 Å². The highest BCUT2D eigenvalue weighted by Crippen LogP contribution is 2.26. The molecular weight excluding hydrogens is 204 g/mol. The molecule has 3 atom stereocenters. The van der Waals surface area contributed by atoms with Crippen LogP contribution in [0.5, 0.6) is 0 Å². The second-order valence-corrected chi connectivity index (χ2v) is 5.14. The van der Waals surface area contributed by atoms with Crippen LogP contribution in [0, 0.1) is 5.92 Å². The Morgan fingerprint density at radius 3 is 2.62 bits per heavy atom. The number of aliphatic hydroxyl groups excluding tert-OH is 1. The number of rotatable bonds is 1. The summed E-state index contributed by atoms with van der Waals surface area (Å²) in [5, 5.41) is 9.57. The standard InChI is InChI=1S/C12H22N2O2/c13-11-6-2-1-5-10(11)12(16)14-7-3-4-9(15)8-14/h9-11,15H,1-8,13H2/t9-,10?,11?/m0/s1. The van der Waals surface area contributed by atoms with Crippen LogP contribution in [0.15, 0.2) is 0 Å². The molecule has 4 nitrogen and oxygen atoms in total. The second kappa shape index (κ2) is 5.15. The van der Waals surface area contributed by atoms with Crippen LogP contribution in [0.4, 0.5) is 0 Å². The molecule has 1 aliphatic heterocycles. The van der Waals surface area contributed by atoms with Crippen LogP contribution in [0.1, 0.15) is 38.5 Å². The van der Waals surface area contributed by atoms with Gasteiger partial charge >= 0.3 is 0 Å². The molecule has 0 aromatic rings. The lowest BCUT2D eigenvalue weighted by Crippen LogP contribution is -2.49. The number of aliphatic hydroxyl groups is 1. The van der Waals surface area contributed by atoms with E-state index in [1.165, 1.54) is 0 Å². The highest BCUT2D eigenvalue weighted by molar-refractivity contribution is 5.79. The first kappa shape index (κ1) is 11.9. The summed E-state index contributed by atoms with van der Waals surface area (Å²) in [7, 11) is 0. The Balaban J connectivity index is 1.94. The van der Waals surface area contributed by atoms with Crippen molar-refractivity contribution in [3.8, 4) is 0 Å². The number of carbonyl (C=O) groups excluding carboxylic acids is 1. The summed E-state index contributed by atoms with van der Waals surface area (Å²) in [6.45, 7) is 1.29. The Morgan fingerprint density at radius 1 is 1.19 bits per heavy atom. The maximum Gasteiger partial charge on any atom is 0.227 e. The molecule has 2 fully saturated rings. The zero-order valence-electron chi connectivity index (χ0n) is 9.77. The van der Waals surface area contributed by atoms with Crippen molar-refractivity contribution >= 4 is 5.91 Å². The maximum absolute atomic E-state index is 12.2. The molecule has 1 saturated carbocycles. The van der Waals surface area contributed by atoms with Crippen molar-refractivity contribution < 1.29 is 9.90 Å². The lowest BCUT2D eigenvalue weighted by atomic mass is 9.84. The fourth-order valence-electron chi connectivity index (χ4n) is 2.86. The van der Waals surface area contributed by atoms with E-state index < -0.39 is 0 Å². The van der Waals surface area contributed by atoms with Crippen molar-refractivity contribution in [3.63, 3.8) is 0 Å². The lowest BCUT2D eigenvalue weighted by Gasteiger charge is -2.36. The fourth-order valence-corrected chi connectivity index (χ4v) is 2.86. The predicted octanol–water partition coefficient (Wildman–Crippen LogP) is 0.487. The molecule has 0 aromatic heterocycles. The van der Waals surface area contributed by atoms with E-state index in [1.807, 2.05) is 4.90 Å². The number of carbonyl (C=O) groups is 1. The molecule has 0 bridgehead atoms. The summed E-state index contributed by atoms with van der Waals surface area (Å²) >= 11 is 0. The molecule has 0 radical (unpaired) electrons. The summed E-state index contributed by atoms with van der Waals surface area (Å²) < 4.78 is 0. The molecule has 2 unspecified atom stereocenters. The molecule has 2 aliphatic rings. The minimum absolute atomic E-state index is 0.000880. The summed E-state index contributed by atoms with van der Waals surface area (Å²) in [5.41, 5.74) is 6.01. The zero-order valence-corrected chi connectivity index (χ0v) is 9.77. The number of β-amino-alcohol motifs (C(OH)–C–C–N with tert-alkyl or cyclic N) is 1. The quantitative estimate of drug-likeness (QED) is 0.683. The number of likely N-dealkylation sites (tertiary alicyclic amines) is 1. The van der Waals surface area contributed by atoms with Gasteiger partial charge in [0.2, 0.25) is 5.91 Å². The number of nitrogens with zero attached hydrogens (tertiary/aromatic N) is 1. The van der Waals surface area contributed by atoms with Gasteiger partial charge in [0.05, 0.1) is 12.0 Å². The molecule has 2 rings (SSSR count). The molecule has 3 N–H and O–H groups in total. The van der Waals surface area contributed by atoms with E-state index in [4.69, 9.17) is 5.73 Å². The topological polar surface area (TPSA) is 66.6 Å². The number of amides is 1. The molecule has 1 aliphatic carbocycles. The SMILES string of the molecule is NC1CCCCC1C(=O)N1CCC[C@H](O)C1. The molecule has 16 heavy (non-hydrogen) atoms. The third kappa shape index (κ3) is 2.55. The van der Waals surface area contributed by atoms with Crippen molar-refractivity contribution in [1.29, 1.82) is 0 Å². The van der Waals surface area contributed by atoms with E-state index in [-0.39, 0.29) is 24.0 Å². The number of piperidine rings is 1. The molecule has 1 saturated heterocycles. The largest absolute Gasteiger partial charge is 0.391 e. The van der Waals surface area contributed by atoms with Crippen LogP contribution in [-0.4, -0.2) is 41.1 Å². The van der Waals surface area contributed by atoms with Crippen molar-refractivity contribution in [1.82, 2.24) is 4.90 Å². The predicted molar refractivity (Wildman–Crippen MR) is 61.8 cm³/mol. The van der Waals surface area contributed by atoms with Gasteiger partial charge in [0.1, 0.15) is 0 Å². The van der Waals surface area contributed by atoms with Gasteiger partial charge in [-0.1, -0.05) is 12.8 Å². The Hall–Kier alpha value is -0.610. The van der Waals surface area contributed by atoms with Crippen molar-refractivity contribution in [2.24, 2.45) is 11.7 Å². The summed E-state index contributed by atoms with van der Waals surface area (Å²) in [4.78, 5) is 14.1. The van der Waals surface area contributed by atoms with Gasteiger partial charge in [-0.05, 0) is 25.7 Å². The van der Waals surface area contributed by atoms with Crippen LogP contribution < -0.4 is 5.73 Å². The first-order valence-electron chi connectivity index (χ1n) is 6.41. The Bertz CT molecular complexity index is 257. The van der Waals surface area contributed by atoms with E-state index in [1.54, 1.807) is 0 Å². The molecule has 4 heteroatoms. The van der Waals surface area contributed by atoms with Crippen LogP contribution in [0.2, 0.25) is 0 Å². The van der Waals surface area contributed by atoms with E-state index in [0.29, 0.717) is 6.54 Å². The van der Waals surface area contributed by atoms with Gasteiger partial charge in [-0.25, -0.2) is 0 Å². The van der Waals surface area contributed by atoms with Crippen molar-refractivity contribution in [3.05, 3.63) is 0 Å². The molecular formula is C12H22N2O2.